The summed E-state index contributed by atoms with van der Waals surface area (Å²) in [6, 6.07) is 0.166. The second-order valence-corrected chi connectivity index (χ2v) is 2.99. The molecule has 0 fully saturated rings. The van der Waals surface area contributed by atoms with Gasteiger partial charge in [0.05, 0.1) is 6.61 Å². The number of hydrogen-bond donors (Lipinski definition) is 1. The Bertz CT molecular complexity index is 440. The predicted molar refractivity (Wildman–Crippen MR) is 41.8 cm³/mol. The minimum Gasteiger partial charge on any atom is -0.392 e. The van der Waals surface area contributed by atoms with E-state index in [1.165, 1.54) is 0 Å². The molecular weight excluding hydrogens is 275 g/mol. The molecule has 0 amide bonds. The zero-order chi connectivity index (χ0) is 14.1. The Morgan fingerprint density at radius 3 is 2.11 bits per heavy atom. The van der Waals surface area contributed by atoms with Gasteiger partial charge in [0.15, 0.2) is 0 Å². The van der Waals surface area contributed by atoms with Crippen LogP contribution in [-0.4, -0.2) is 16.5 Å². The van der Waals surface area contributed by atoms with Gasteiger partial charge < -0.3 is 9.84 Å². The molecule has 0 unspecified atom stereocenters. The first-order valence-electron chi connectivity index (χ1n) is 4.18. The Balaban J connectivity index is 3.28. The van der Waals surface area contributed by atoms with Crippen molar-refractivity contribution in [1.29, 1.82) is 0 Å². The first-order valence-corrected chi connectivity index (χ1v) is 4.18. The number of halogens is 7. The van der Waals surface area contributed by atoms with Gasteiger partial charge in [0.2, 0.25) is 11.8 Å². The van der Waals surface area contributed by atoms with Crippen molar-refractivity contribution in [2.24, 2.45) is 0 Å². The van der Waals surface area contributed by atoms with E-state index in [4.69, 9.17) is 5.11 Å². The molecule has 1 rings (SSSR count). The highest BCUT2D eigenvalue weighted by molar-refractivity contribution is 5.32. The molecule has 1 aromatic rings. The van der Waals surface area contributed by atoms with Crippen molar-refractivity contribution in [1.82, 2.24) is 4.98 Å². The molecule has 0 radical (unpaired) electrons. The van der Waals surface area contributed by atoms with Crippen LogP contribution >= 0.6 is 0 Å². The zero-order valence-corrected chi connectivity index (χ0v) is 8.23. The van der Waals surface area contributed by atoms with E-state index in [9.17, 15) is 30.7 Å². The summed E-state index contributed by atoms with van der Waals surface area (Å²) in [5.74, 6) is -3.62. The summed E-state index contributed by atoms with van der Waals surface area (Å²) in [4.78, 5) is 2.39. The summed E-state index contributed by atoms with van der Waals surface area (Å²) in [7, 11) is 0. The van der Waals surface area contributed by atoms with E-state index in [1.54, 1.807) is 0 Å². The summed E-state index contributed by atoms with van der Waals surface area (Å²) in [5.41, 5.74) is -3.03. The number of aliphatic hydroxyl groups is 1. The third-order valence-corrected chi connectivity index (χ3v) is 1.71. The zero-order valence-electron chi connectivity index (χ0n) is 8.23. The second-order valence-electron chi connectivity index (χ2n) is 2.99. The fourth-order valence-electron chi connectivity index (χ4n) is 1.13. The average Bonchev–Trinajstić information content (AvgIpc) is 2.11. The smallest absolute Gasteiger partial charge is 0.392 e. The molecule has 0 saturated heterocycles. The van der Waals surface area contributed by atoms with E-state index in [1.807, 2.05) is 0 Å². The van der Waals surface area contributed by atoms with E-state index in [0.29, 0.717) is 0 Å². The number of alkyl halides is 6. The molecule has 18 heavy (non-hydrogen) atoms. The van der Waals surface area contributed by atoms with Crippen molar-refractivity contribution in [3.8, 4) is 5.88 Å². The average molecular weight is 279 g/mol. The van der Waals surface area contributed by atoms with Gasteiger partial charge in [-0.05, 0) is 5.56 Å². The van der Waals surface area contributed by atoms with E-state index in [-0.39, 0.29) is 6.07 Å². The highest BCUT2D eigenvalue weighted by Crippen LogP contribution is 2.35. The van der Waals surface area contributed by atoms with Crippen LogP contribution in [0.1, 0.15) is 11.1 Å². The van der Waals surface area contributed by atoms with Crippen molar-refractivity contribution in [2.75, 3.05) is 0 Å². The number of aliphatic hydroxyl groups excluding tert-OH is 1. The highest BCUT2D eigenvalue weighted by Gasteiger charge is 2.39. The monoisotopic (exact) mass is 279 g/mol. The molecule has 0 aliphatic rings. The van der Waals surface area contributed by atoms with E-state index in [0.717, 1.165) is 0 Å². The van der Waals surface area contributed by atoms with Crippen molar-refractivity contribution in [2.45, 2.75) is 19.1 Å². The van der Waals surface area contributed by atoms with Gasteiger partial charge in [0, 0.05) is 6.07 Å². The van der Waals surface area contributed by atoms with Gasteiger partial charge in [-0.15, -0.1) is 13.2 Å². The number of pyridine rings is 1. The maximum Gasteiger partial charge on any atom is 0.574 e. The molecule has 10 heteroatoms. The number of aromatic nitrogens is 1. The van der Waals surface area contributed by atoms with E-state index < -0.39 is 42.1 Å². The lowest BCUT2D eigenvalue weighted by molar-refractivity contribution is -0.276. The summed E-state index contributed by atoms with van der Waals surface area (Å²) in [6.45, 7) is -1.32. The Morgan fingerprint density at radius 1 is 1.17 bits per heavy atom. The topological polar surface area (TPSA) is 42.4 Å². The quantitative estimate of drug-likeness (QED) is 0.668. The molecule has 1 aromatic heterocycles. The fraction of sp³-hybridized carbons (Fsp3) is 0.375. The Kier molecular flexibility index (Phi) is 3.70. The lowest BCUT2D eigenvalue weighted by Crippen LogP contribution is -2.20. The molecule has 0 atom stereocenters. The molecule has 1 N–H and O–H groups in total. The van der Waals surface area contributed by atoms with Crippen LogP contribution in [0.3, 0.4) is 0 Å². The van der Waals surface area contributed by atoms with Gasteiger partial charge in [0.1, 0.15) is 5.56 Å². The van der Waals surface area contributed by atoms with Crippen LogP contribution < -0.4 is 4.74 Å². The molecule has 0 bridgehead atoms. The third-order valence-electron chi connectivity index (χ3n) is 1.71. The van der Waals surface area contributed by atoms with Gasteiger partial charge in [-0.1, -0.05) is 0 Å². The third kappa shape index (κ3) is 3.45. The van der Waals surface area contributed by atoms with Gasteiger partial charge in [-0.2, -0.15) is 22.5 Å². The normalized spacial score (nSPS) is 12.7. The number of nitrogens with zero attached hydrogens (tertiary/aromatic N) is 1. The summed E-state index contributed by atoms with van der Waals surface area (Å²) in [6.07, 6.45) is -10.4. The van der Waals surface area contributed by atoms with Gasteiger partial charge in [-0.3, -0.25) is 0 Å². The lowest BCUT2D eigenvalue weighted by Gasteiger charge is -2.14. The maximum atomic E-state index is 13.0. The van der Waals surface area contributed by atoms with E-state index in [2.05, 4.69) is 9.72 Å². The predicted octanol–water partition coefficient (Wildman–Crippen LogP) is 2.63. The summed E-state index contributed by atoms with van der Waals surface area (Å²) < 4.78 is 88.4. The lowest BCUT2D eigenvalue weighted by atomic mass is 10.1. The number of ether oxygens (including phenoxy) is 1. The fourth-order valence-corrected chi connectivity index (χ4v) is 1.13. The first-order chi connectivity index (χ1) is 8.04. The second kappa shape index (κ2) is 4.59. The largest absolute Gasteiger partial charge is 0.574 e. The van der Waals surface area contributed by atoms with Gasteiger partial charge >= 0.3 is 12.5 Å². The van der Waals surface area contributed by atoms with Crippen molar-refractivity contribution in [3.05, 3.63) is 23.1 Å². The maximum absolute atomic E-state index is 13.0. The van der Waals surface area contributed by atoms with Crippen LogP contribution in [0, 0.1) is 5.95 Å². The summed E-state index contributed by atoms with van der Waals surface area (Å²) >= 11 is 0. The van der Waals surface area contributed by atoms with Crippen LogP contribution in [0.25, 0.3) is 0 Å². The standard InChI is InChI=1S/C8H4F7NO2/c9-6-5(7(10,11)12)3(2-17)1-4(16-6)18-8(13,14)15/h1,17H,2H2. The molecular formula is C8H4F7NO2. The van der Waals surface area contributed by atoms with Crippen molar-refractivity contribution >= 4 is 0 Å². The van der Waals surface area contributed by atoms with Crippen LogP contribution in [0.15, 0.2) is 6.07 Å². The Morgan fingerprint density at radius 2 is 1.72 bits per heavy atom. The SMILES string of the molecule is OCc1cc(OC(F)(F)F)nc(F)c1C(F)(F)F. The van der Waals surface area contributed by atoms with Crippen LogP contribution in [0.5, 0.6) is 5.88 Å². The molecule has 0 saturated carbocycles. The van der Waals surface area contributed by atoms with Crippen LogP contribution in [0.2, 0.25) is 0 Å². The van der Waals surface area contributed by atoms with Crippen molar-refractivity contribution < 1.29 is 40.6 Å². The van der Waals surface area contributed by atoms with Crippen molar-refractivity contribution in [3.63, 3.8) is 0 Å². The number of hydrogen-bond acceptors (Lipinski definition) is 3. The molecule has 0 aromatic carbocycles. The Hall–Kier alpha value is -1.58. The molecule has 0 aliphatic heterocycles. The molecule has 1 heterocycles. The molecule has 0 spiro atoms. The van der Waals surface area contributed by atoms with Crippen LogP contribution in [0.4, 0.5) is 30.7 Å². The van der Waals surface area contributed by atoms with Gasteiger partial charge in [-0.25, -0.2) is 0 Å². The first kappa shape index (κ1) is 14.5. The number of rotatable bonds is 2. The molecule has 0 aliphatic carbocycles. The minimum atomic E-state index is -5.23. The summed E-state index contributed by atoms with van der Waals surface area (Å²) in [5, 5.41) is 8.60. The van der Waals surface area contributed by atoms with E-state index >= 15 is 0 Å². The molecule has 102 valence electrons. The Labute approximate surface area is 94.8 Å². The van der Waals surface area contributed by atoms with Gasteiger partial charge in [0.25, 0.3) is 0 Å². The minimum absolute atomic E-state index is 0.166. The molecule has 3 nitrogen and oxygen atoms in total. The van der Waals surface area contributed by atoms with Crippen LogP contribution in [-0.2, 0) is 12.8 Å². The highest BCUT2D eigenvalue weighted by atomic mass is 19.4.